The predicted molar refractivity (Wildman–Crippen MR) is 61.4 cm³/mol. The van der Waals surface area contributed by atoms with E-state index in [1.807, 2.05) is 6.92 Å². The zero-order valence-electron chi connectivity index (χ0n) is 8.85. The second-order valence-electron chi connectivity index (χ2n) is 3.34. The monoisotopic (exact) mass is 212 g/mol. The third kappa shape index (κ3) is 3.22. The van der Waals surface area contributed by atoms with Crippen LogP contribution < -0.4 is 4.74 Å². The SMILES string of the molecule is CCOc1cc(C)ccc1CCCCl. The molecule has 1 aromatic rings. The minimum atomic E-state index is 0.708. The first-order chi connectivity index (χ1) is 6.77. The highest BCUT2D eigenvalue weighted by molar-refractivity contribution is 6.17. The van der Waals surface area contributed by atoms with Gasteiger partial charge in [-0.15, -0.1) is 11.6 Å². The lowest BCUT2D eigenvalue weighted by Gasteiger charge is -2.10. The van der Waals surface area contributed by atoms with Gasteiger partial charge in [0, 0.05) is 5.88 Å². The molecule has 0 saturated heterocycles. The standard InChI is InChI=1S/C12H17ClO/c1-3-14-12-9-10(2)6-7-11(12)5-4-8-13/h6-7,9H,3-5,8H2,1-2H3. The van der Waals surface area contributed by atoms with Crippen molar-refractivity contribution in [2.24, 2.45) is 0 Å². The Kier molecular flexibility index (Phi) is 4.81. The van der Waals surface area contributed by atoms with Gasteiger partial charge in [-0.1, -0.05) is 12.1 Å². The van der Waals surface area contributed by atoms with Crippen LogP contribution in [0.1, 0.15) is 24.5 Å². The first-order valence-corrected chi connectivity index (χ1v) is 5.59. The van der Waals surface area contributed by atoms with Crippen LogP contribution in [-0.2, 0) is 6.42 Å². The molecule has 0 atom stereocenters. The van der Waals surface area contributed by atoms with E-state index < -0.39 is 0 Å². The largest absolute Gasteiger partial charge is 0.494 e. The Morgan fingerprint density at radius 3 is 2.79 bits per heavy atom. The molecule has 0 aromatic heterocycles. The maximum atomic E-state index is 5.67. The molecule has 0 spiro atoms. The van der Waals surface area contributed by atoms with E-state index in [9.17, 15) is 0 Å². The number of hydrogen-bond donors (Lipinski definition) is 0. The van der Waals surface area contributed by atoms with Gasteiger partial charge in [0.15, 0.2) is 0 Å². The Bertz CT molecular complexity index is 284. The Hall–Kier alpha value is -0.690. The Labute approximate surface area is 91.0 Å². The summed E-state index contributed by atoms with van der Waals surface area (Å²) in [5, 5.41) is 0. The average molecular weight is 213 g/mol. The van der Waals surface area contributed by atoms with E-state index >= 15 is 0 Å². The molecule has 1 nitrogen and oxygen atoms in total. The molecule has 0 fully saturated rings. The highest BCUT2D eigenvalue weighted by atomic mass is 35.5. The van der Waals surface area contributed by atoms with Crippen LogP contribution in [-0.4, -0.2) is 12.5 Å². The van der Waals surface area contributed by atoms with Crippen LogP contribution in [0.15, 0.2) is 18.2 Å². The topological polar surface area (TPSA) is 9.23 Å². The quantitative estimate of drug-likeness (QED) is 0.679. The van der Waals surface area contributed by atoms with E-state index in [-0.39, 0.29) is 0 Å². The molecule has 0 radical (unpaired) electrons. The molecule has 0 heterocycles. The van der Waals surface area contributed by atoms with Crippen molar-refractivity contribution in [1.82, 2.24) is 0 Å². The molecule has 0 N–H and O–H groups in total. The van der Waals surface area contributed by atoms with Crippen LogP contribution in [0.5, 0.6) is 5.75 Å². The van der Waals surface area contributed by atoms with Crippen LogP contribution in [0.3, 0.4) is 0 Å². The minimum absolute atomic E-state index is 0.708. The van der Waals surface area contributed by atoms with Gasteiger partial charge >= 0.3 is 0 Å². The summed E-state index contributed by atoms with van der Waals surface area (Å²) in [4.78, 5) is 0. The molecule has 0 aliphatic heterocycles. The van der Waals surface area contributed by atoms with Crippen molar-refractivity contribution in [3.8, 4) is 5.75 Å². The number of rotatable bonds is 5. The van der Waals surface area contributed by atoms with Gasteiger partial charge in [0.2, 0.25) is 0 Å². The first-order valence-electron chi connectivity index (χ1n) is 5.06. The van der Waals surface area contributed by atoms with Crippen molar-refractivity contribution >= 4 is 11.6 Å². The van der Waals surface area contributed by atoms with E-state index in [0.717, 1.165) is 25.2 Å². The molecule has 0 bridgehead atoms. The summed E-state index contributed by atoms with van der Waals surface area (Å²) in [7, 11) is 0. The fraction of sp³-hybridized carbons (Fsp3) is 0.500. The van der Waals surface area contributed by atoms with E-state index in [1.165, 1.54) is 11.1 Å². The number of hydrogen-bond acceptors (Lipinski definition) is 1. The third-order valence-electron chi connectivity index (χ3n) is 2.10. The highest BCUT2D eigenvalue weighted by Gasteiger charge is 2.02. The molecular formula is C12H17ClO. The molecule has 0 amide bonds. The number of aryl methyl sites for hydroxylation is 2. The van der Waals surface area contributed by atoms with Crippen molar-refractivity contribution < 1.29 is 4.74 Å². The molecule has 0 aliphatic rings. The van der Waals surface area contributed by atoms with Crippen LogP contribution in [0.4, 0.5) is 0 Å². The maximum absolute atomic E-state index is 5.67. The number of ether oxygens (including phenoxy) is 1. The Morgan fingerprint density at radius 1 is 1.36 bits per heavy atom. The molecular weight excluding hydrogens is 196 g/mol. The molecule has 0 saturated carbocycles. The Morgan fingerprint density at radius 2 is 2.14 bits per heavy atom. The maximum Gasteiger partial charge on any atom is 0.122 e. The van der Waals surface area contributed by atoms with Gasteiger partial charge in [0.1, 0.15) is 5.75 Å². The molecule has 0 aliphatic carbocycles. The second kappa shape index (κ2) is 5.92. The molecule has 14 heavy (non-hydrogen) atoms. The zero-order chi connectivity index (χ0) is 10.4. The van der Waals surface area contributed by atoms with Crippen molar-refractivity contribution in [2.75, 3.05) is 12.5 Å². The summed E-state index contributed by atoms with van der Waals surface area (Å²) in [5.74, 6) is 1.72. The number of benzene rings is 1. The summed E-state index contributed by atoms with van der Waals surface area (Å²) in [6.07, 6.45) is 2.00. The van der Waals surface area contributed by atoms with Crippen LogP contribution in [0.2, 0.25) is 0 Å². The molecule has 0 unspecified atom stereocenters. The molecule has 78 valence electrons. The van der Waals surface area contributed by atoms with Crippen LogP contribution >= 0.6 is 11.6 Å². The molecule has 2 heteroatoms. The average Bonchev–Trinajstić information content (AvgIpc) is 2.17. The lowest BCUT2D eigenvalue weighted by atomic mass is 10.1. The van der Waals surface area contributed by atoms with Gasteiger partial charge in [-0.2, -0.15) is 0 Å². The van der Waals surface area contributed by atoms with Gasteiger partial charge in [-0.05, 0) is 43.9 Å². The lowest BCUT2D eigenvalue weighted by molar-refractivity contribution is 0.336. The van der Waals surface area contributed by atoms with Crippen molar-refractivity contribution in [3.63, 3.8) is 0 Å². The van der Waals surface area contributed by atoms with Gasteiger partial charge < -0.3 is 4.74 Å². The van der Waals surface area contributed by atoms with Gasteiger partial charge in [0.05, 0.1) is 6.61 Å². The normalized spacial score (nSPS) is 10.2. The molecule has 1 rings (SSSR count). The summed E-state index contributed by atoms with van der Waals surface area (Å²) in [6.45, 7) is 4.80. The van der Waals surface area contributed by atoms with Crippen LogP contribution in [0, 0.1) is 6.92 Å². The third-order valence-corrected chi connectivity index (χ3v) is 2.37. The van der Waals surface area contributed by atoms with Crippen molar-refractivity contribution in [1.29, 1.82) is 0 Å². The van der Waals surface area contributed by atoms with Crippen LogP contribution in [0.25, 0.3) is 0 Å². The van der Waals surface area contributed by atoms with Gasteiger partial charge in [-0.3, -0.25) is 0 Å². The fourth-order valence-electron chi connectivity index (χ4n) is 1.42. The smallest absolute Gasteiger partial charge is 0.122 e. The molecule has 1 aromatic carbocycles. The lowest BCUT2D eigenvalue weighted by Crippen LogP contribution is -1.97. The summed E-state index contributed by atoms with van der Waals surface area (Å²) < 4.78 is 5.57. The second-order valence-corrected chi connectivity index (χ2v) is 3.71. The van der Waals surface area contributed by atoms with Gasteiger partial charge in [-0.25, -0.2) is 0 Å². The Balaban J connectivity index is 2.78. The zero-order valence-corrected chi connectivity index (χ0v) is 9.60. The fourth-order valence-corrected chi connectivity index (χ4v) is 1.55. The summed E-state index contributed by atoms with van der Waals surface area (Å²) >= 11 is 5.67. The number of halogens is 1. The van der Waals surface area contributed by atoms with E-state index in [4.69, 9.17) is 16.3 Å². The van der Waals surface area contributed by atoms with E-state index in [2.05, 4.69) is 25.1 Å². The minimum Gasteiger partial charge on any atom is -0.494 e. The summed E-state index contributed by atoms with van der Waals surface area (Å²) in [5.41, 5.74) is 2.50. The summed E-state index contributed by atoms with van der Waals surface area (Å²) in [6, 6.07) is 6.34. The van der Waals surface area contributed by atoms with Crippen molar-refractivity contribution in [2.45, 2.75) is 26.7 Å². The number of alkyl halides is 1. The van der Waals surface area contributed by atoms with Crippen molar-refractivity contribution in [3.05, 3.63) is 29.3 Å². The van der Waals surface area contributed by atoms with E-state index in [0.29, 0.717) is 5.88 Å². The predicted octanol–water partition coefficient (Wildman–Crippen LogP) is 3.57. The van der Waals surface area contributed by atoms with Gasteiger partial charge in [0.25, 0.3) is 0 Å². The first kappa shape index (κ1) is 11.4. The highest BCUT2D eigenvalue weighted by Crippen LogP contribution is 2.21. The van der Waals surface area contributed by atoms with E-state index in [1.54, 1.807) is 0 Å².